The Balaban J connectivity index is 1.71. The van der Waals surface area contributed by atoms with Gasteiger partial charge < -0.3 is 26.2 Å². The zero-order valence-electron chi connectivity index (χ0n) is 24.8. The van der Waals surface area contributed by atoms with Crippen LogP contribution in [0.1, 0.15) is 61.9 Å². The molecule has 0 spiro atoms. The minimum Gasteiger partial charge on any atom is -0.457 e. The number of nitrogen functional groups attached to an aromatic ring is 1. The number of amides is 2. The summed E-state index contributed by atoms with van der Waals surface area (Å²) in [6.07, 6.45) is 0. The van der Waals surface area contributed by atoms with Gasteiger partial charge in [0.25, 0.3) is 11.8 Å². The van der Waals surface area contributed by atoms with E-state index in [1.54, 1.807) is 55.5 Å². The highest BCUT2D eigenvalue weighted by Gasteiger charge is 2.24. The molecule has 2 amide bonds. The number of anilines is 1. The number of nitrogens with zero attached hydrogens (tertiary/aromatic N) is 1. The maximum Gasteiger partial charge on any atom is 0.339 e. The van der Waals surface area contributed by atoms with Crippen LogP contribution in [0.2, 0.25) is 0 Å². The predicted molar refractivity (Wildman–Crippen MR) is 169 cm³/mol. The van der Waals surface area contributed by atoms with E-state index in [-0.39, 0.29) is 42.4 Å². The summed E-state index contributed by atoms with van der Waals surface area (Å²) in [5.41, 5.74) is 8.45. The molecule has 0 aliphatic rings. The van der Waals surface area contributed by atoms with E-state index in [0.717, 1.165) is 5.56 Å². The number of amidine groups is 1. The lowest BCUT2D eigenvalue weighted by molar-refractivity contribution is 0.0473. The van der Waals surface area contributed by atoms with Gasteiger partial charge in [0, 0.05) is 46.6 Å². The Morgan fingerprint density at radius 2 is 1.57 bits per heavy atom. The largest absolute Gasteiger partial charge is 0.457 e. The second-order valence-corrected chi connectivity index (χ2v) is 11.1. The van der Waals surface area contributed by atoms with Gasteiger partial charge in [-0.15, -0.1) is 0 Å². The summed E-state index contributed by atoms with van der Waals surface area (Å²) in [5.74, 6) is -1.72. The summed E-state index contributed by atoms with van der Waals surface area (Å²) in [6.45, 7) is 5.50. The van der Waals surface area contributed by atoms with E-state index in [9.17, 15) is 19.5 Å². The molecule has 0 bridgehead atoms. The molecular formula is C34H35N5O5. The number of ether oxygens (including phenoxy) is 1. The first-order chi connectivity index (χ1) is 21.0. The molecule has 0 saturated carbocycles. The quantitative estimate of drug-likeness (QED) is 0.0954. The molecular weight excluding hydrogens is 558 g/mol. The minimum absolute atomic E-state index is 0.00990. The molecule has 0 saturated heterocycles. The van der Waals surface area contributed by atoms with Crippen LogP contribution in [0.5, 0.6) is 0 Å². The first-order valence-electron chi connectivity index (χ1n) is 14.0. The molecule has 3 aromatic carbocycles. The van der Waals surface area contributed by atoms with E-state index in [1.807, 2.05) is 44.2 Å². The van der Waals surface area contributed by atoms with Gasteiger partial charge in [0.2, 0.25) is 0 Å². The van der Waals surface area contributed by atoms with Crippen molar-refractivity contribution in [2.75, 3.05) is 18.5 Å². The Morgan fingerprint density at radius 3 is 2.23 bits per heavy atom. The van der Waals surface area contributed by atoms with E-state index in [2.05, 4.69) is 15.6 Å². The minimum atomic E-state index is -0.680. The molecule has 0 aliphatic carbocycles. The molecule has 1 aromatic heterocycles. The van der Waals surface area contributed by atoms with Crippen molar-refractivity contribution in [3.8, 4) is 11.1 Å². The molecule has 10 heteroatoms. The van der Waals surface area contributed by atoms with E-state index >= 15 is 0 Å². The smallest absolute Gasteiger partial charge is 0.339 e. The van der Waals surface area contributed by atoms with Crippen LogP contribution in [-0.2, 0) is 11.3 Å². The fourth-order valence-electron chi connectivity index (χ4n) is 4.24. The number of benzene rings is 3. The number of pyridine rings is 1. The molecule has 0 radical (unpaired) electrons. The van der Waals surface area contributed by atoms with Crippen molar-refractivity contribution in [3.05, 3.63) is 119 Å². The molecule has 4 aromatic rings. The zero-order valence-corrected chi connectivity index (χ0v) is 24.8. The average Bonchev–Trinajstić information content (AvgIpc) is 3.03. The van der Waals surface area contributed by atoms with Crippen molar-refractivity contribution in [2.45, 2.75) is 27.4 Å². The number of nitrogens with two attached hydrogens (primary N) is 1. The van der Waals surface area contributed by atoms with Crippen LogP contribution in [0.15, 0.2) is 84.9 Å². The summed E-state index contributed by atoms with van der Waals surface area (Å²) >= 11 is 0. The molecule has 0 fully saturated rings. The number of nitrogens with one attached hydrogen (secondary N) is 3. The molecule has 0 aliphatic heterocycles. The topological polar surface area (TPSA) is 167 Å². The Labute approximate surface area is 255 Å². The summed E-state index contributed by atoms with van der Waals surface area (Å²) < 4.78 is 5.64. The highest BCUT2D eigenvalue weighted by molar-refractivity contribution is 6.10. The number of hydrogen-bond donors (Lipinski definition) is 5. The van der Waals surface area contributed by atoms with Gasteiger partial charge in [-0.05, 0) is 60.5 Å². The van der Waals surface area contributed by atoms with Gasteiger partial charge in [-0.1, -0.05) is 56.3 Å². The van der Waals surface area contributed by atoms with Gasteiger partial charge in [0.05, 0.1) is 5.56 Å². The van der Waals surface area contributed by atoms with E-state index in [1.165, 1.54) is 6.07 Å². The first kappa shape index (κ1) is 31.6. The van der Waals surface area contributed by atoms with Crippen molar-refractivity contribution >= 4 is 29.3 Å². The Hall–Kier alpha value is -5.35. The molecule has 0 unspecified atom stereocenters. The third-order valence-electron chi connectivity index (χ3n) is 6.86. The van der Waals surface area contributed by atoms with Crippen LogP contribution in [0, 0.1) is 17.7 Å². The summed E-state index contributed by atoms with van der Waals surface area (Å²) in [4.78, 5) is 44.6. The van der Waals surface area contributed by atoms with Crippen molar-refractivity contribution in [2.24, 2.45) is 11.1 Å². The molecule has 226 valence electrons. The Bertz CT molecular complexity index is 1680. The molecule has 0 atom stereocenters. The second kappa shape index (κ2) is 13.7. The normalized spacial score (nSPS) is 11.0. The molecule has 4 rings (SSSR count). The lowest BCUT2D eigenvalue weighted by atomic mass is 9.94. The van der Waals surface area contributed by atoms with Crippen LogP contribution >= 0.6 is 0 Å². The highest BCUT2D eigenvalue weighted by atomic mass is 16.5. The van der Waals surface area contributed by atoms with Gasteiger partial charge in [-0.3, -0.25) is 15.0 Å². The lowest BCUT2D eigenvalue weighted by Gasteiger charge is -2.22. The fraction of sp³-hybridized carbons (Fsp3) is 0.206. The van der Waals surface area contributed by atoms with Gasteiger partial charge in [-0.2, -0.15) is 0 Å². The fourth-order valence-corrected chi connectivity index (χ4v) is 4.24. The van der Waals surface area contributed by atoms with Crippen LogP contribution < -0.4 is 16.4 Å². The van der Waals surface area contributed by atoms with Gasteiger partial charge in [0.15, 0.2) is 0 Å². The zero-order chi connectivity index (χ0) is 31.9. The second-order valence-electron chi connectivity index (χ2n) is 11.1. The van der Waals surface area contributed by atoms with Gasteiger partial charge in [0.1, 0.15) is 18.1 Å². The summed E-state index contributed by atoms with van der Waals surface area (Å²) in [6, 6.07) is 23.7. The number of aryl methyl sites for hydroxylation is 1. The number of rotatable bonds is 11. The highest BCUT2D eigenvalue weighted by Crippen LogP contribution is 2.30. The van der Waals surface area contributed by atoms with Crippen LogP contribution in [0.3, 0.4) is 0 Å². The monoisotopic (exact) mass is 593 g/mol. The maximum atomic E-state index is 13.5. The number of esters is 1. The maximum absolute atomic E-state index is 13.5. The Morgan fingerprint density at radius 1 is 0.909 bits per heavy atom. The SMILES string of the molecule is Cc1ccc(-c2ccc(C(=O)NCC(C)(C)CO)cc2C(=O)OCc2ccccc2)c(C(=O)Nc2ccc(C(=N)N)cc2)n1. The molecule has 10 nitrogen and oxygen atoms in total. The Kier molecular flexibility index (Phi) is 9.87. The third-order valence-corrected chi connectivity index (χ3v) is 6.86. The number of aromatic nitrogens is 1. The number of carbonyl (C=O) groups is 3. The molecule has 44 heavy (non-hydrogen) atoms. The lowest BCUT2D eigenvalue weighted by Crippen LogP contribution is -2.36. The number of aliphatic hydroxyl groups is 1. The van der Waals surface area contributed by atoms with Crippen LogP contribution in [-0.4, -0.2) is 46.9 Å². The van der Waals surface area contributed by atoms with Crippen molar-refractivity contribution in [1.29, 1.82) is 5.41 Å². The molecule has 1 heterocycles. The van der Waals surface area contributed by atoms with Crippen molar-refractivity contribution < 1.29 is 24.2 Å². The number of hydrogen-bond acceptors (Lipinski definition) is 7. The van der Waals surface area contributed by atoms with E-state index < -0.39 is 23.2 Å². The third kappa shape index (κ3) is 7.93. The standard InChI is InChI=1S/C34H35N5O5/c1-21-9-15-27(29(38-21)32(42)39-25-13-10-23(11-14-25)30(35)36)26-16-12-24(31(41)37-19-34(2,3)20-40)17-28(26)33(43)44-18-22-7-5-4-6-8-22/h4-17,40H,18-20H2,1-3H3,(H3,35,36)(H,37,41)(H,39,42). The predicted octanol–water partition coefficient (Wildman–Crippen LogP) is 4.70. The van der Waals surface area contributed by atoms with Crippen molar-refractivity contribution in [1.82, 2.24) is 10.3 Å². The summed E-state index contributed by atoms with van der Waals surface area (Å²) in [5, 5.41) is 22.7. The van der Waals surface area contributed by atoms with Gasteiger partial charge >= 0.3 is 5.97 Å². The summed E-state index contributed by atoms with van der Waals surface area (Å²) in [7, 11) is 0. The average molecular weight is 594 g/mol. The molecule has 6 N–H and O–H groups in total. The number of aliphatic hydroxyl groups excluding tert-OH is 1. The van der Waals surface area contributed by atoms with E-state index in [4.69, 9.17) is 15.9 Å². The van der Waals surface area contributed by atoms with Crippen molar-refractivity contribution in [3.63, 3.8) is 0 Å². The van der Waals surface area contributed by atoms with Crippen LogP contribution in [0.4, 0.5) is 5.69 Å². The van der Waals surface area contributed by atoms with Gasteiger partial charge in [-0.25, -0.2) is 9.78 Å². The van der Waals surface area contributed by atoms with E-state index in [0.29, 0.717) is 28.1 Å². The van der Waals surface area contributed by atoms with Crippen LogP contribution in [0.25, 0.3) is 11.1 Å². The number of carbonyl (C=O) groups excluding carboxylic acids is 3. The first-order valence-corrected chi connectivity index (χ1v) is 14.0.